The Morgan fingerprint density at radius 3 is 2.76 bits per heavy atom. The van der Waals surface area contributed by atoms with Gasteiger partial charge in [0, 0.05) is 28.7 Å². The van der Waals surface area contributed by atoms with Crippen molar-refractivity contribution in [3.63, 3.8) is 0 Å². The van der Waals surface area contributed by atoms with Gasteiger partial charge in [-0.2, -0.15) is 11.8 Å². The van der Waals surface area contributed by atoms with Crippen LogP contribution in [0.1, 0.15) is 36.7 Å². The fourth-order valence-electron chi connectivity index (χ4n) is 2.04. The lowest BCUT2D eigenvalue weighted by Crippen LogP contribution is -2.09. The Hall–Kier alpha value is -1.20. The van der Waals surface area contributed by atoms with Gasteiger partial charge in [-0.1, -0.05) is 26.0 Å². The molecule has 0 saturated carbocycles. The summed E-state index contributed by atoms with van der Waals surface area (Å²) in [6, 6.07) is 8.06. The summed E-state index contributed by atoms with van der Waals surface area (Å²) in [6.45, 7) is 4.38. The molecule has 0 radical (unpaired) electrons. The molecule has 112 valence electrons. The van der Waals surface area contributed by atoms with Crippen molar-refractivity contribution in [2.24, 2.45) is 0 Å². The van der Waals surface area contributed by atoms with Crippen molar-refractivity contribution in [1.29, 1.82) is 0 Å². The Morgan fingerprint density at radius 1 is 1.29 bits per heavy atom. The van der Waals surface area contributed by atoms with Crippen LogP contribution in [0.3, 0.4) is 0 Å². The largest absolute Gasteiger partial charge is 0.310 e. The predicted molar refractivity (Wildman–Crippen MR) is 92.4 cm³/mol. The van der Waals surface area contributed by atoms with Gasteiger partial charge in [-0.25, -0.2) is 4.98 Å². The molecule has 1 N–H and O–H groups in total. The molecule has 2 rings (SSSR count). The summed E-state index contributed by atoms with van der Waals surface area (Å²) < 4.78 is 0. The minimum atomic E-state index is -0.0988. The summed E-state index contributed by atoms with van der Waals surface area (Å²) in [5, 5.41) is 1.02. The van der Waals surface area contributed by atoms with Gasteiger partial charge in [0.05, 0.1) is 0 Å². The Kier molecular flexibility index (Phi) is 5.94. The topological polar surface area (TPSA) is 45.8 Å². The van der Waals surface area contributed by atoms with Gasteiger partial charge < -0.3 is 4.98 Å². The number of thioether (sulfide) groups is 2. The van der Waals surface area contributed by atoms with E-state index in [1.165, 1.54) is 22.1 Å². The van der Waals surface area contributed by atoms with Crippen molar-refractivity contribution in [2.45, 2.75) is 31.1 Å². The Bertz CT molecular complexity index is 653. The molecule has 0 aliphatic carbocycles. The van der Waals surface area contributed by atoms with Crippen LogP contribution in [0, 0.1) is 0 Å². The van der Waals surface area contributed by atoms with Crippen molar-refractivity contribution in [3.8, 4) is 0 Å². The van der Waals surface area contributed by atoms with Crippen molar-refractivity contribution in [1.82, 2.24) is 9.97 Å². The van der Waals surface area contributed by atoms with Crippen LogP contribution in [0.25, 0.3) is 0 Å². The maximum absolute atomic E-state index is 11.4. The zero-order valence-electron chi connectivity index (χ0n) is 12.6. The molecule has 0 atom stereocenters. The van der Waals surface area contributed by atoms with E-state index in [4.69, 9.17) is 0 Å². The first-order valence-electron chi connectivity index (χ1n) is 6.89. The monoisotopic (exact) mass is 320 g/mol. The first-order chi connectivity index (χ1) is 10.1. The molecular weight excluding hydrogens is 300 g/mol. The molecule has 0 fully saturated rings. The van der Waals surface area contributed by atoms with Crippen LogP contribution in [0.15, 0.2) is 40.2 Å². The second kappa shape index (κ2) is 7.71. The lowest BCUT2D eigenvalue weighted by atomic mass is 9.99. The summed E-state index contributed by atoms with van der Waals surface area (Å²) in [5.74, 6) is 1.21. The third-order valence-corrected chi connectivity index (χ3v) is 5.29. The molecule has 0 aliphatic rings. The number of H-pyrrole nitrogens is 1. The molecule has 0 bridgehead atoms. The van der Waals surface area contributed by atoms with Crippen LogP contribution in [-0.4, -0.2) is 21.3 Å². The van der Waals surface area contributed by atoms with Gasteiger partial charge in [0.1, 0.15) is 5.82 Å². The molecule has 0 spiro atoms. The van der Waals surface area contributed by atoms with E-state index in [1.807, 2.05) is 23.5 Å². The van der Waals surface area contributed by atoms with Crippen LogP contribution in [0.5, 0.6) is 0 Å². The molecule has 0 unspecified atom stereocenters. The van der Waals surface area contributed by atoms with Crippen LogP contribution >= 0.6 is 23.5 Å². The van der Waals surface area contributed by atoms with Crippen molar-refractivity contribution < 1.29 is 0 Å². The van der Waals surface area contributed by atoms with Gasteiger partial charge in [0.15, 0.2) is 0 Å². The summed E-state index contributed by atoms with van der Waals surface area (Å²) in [6.07, 6.45) is 4.33. The fraction of sp³-hybridized carbons (Fsp3) is 0.375. The number of nitrogens with one attached hydrogen (secondary N) is 1. The van der Waals surface area contributed by atoms with Crippen LogP contribution in [0.2, 0.25) is 0 Å². The van der Waals surface area contributed by atoms with E-state index in [0.717, 1.165) is 10.9 Å². The Morgan fingerprint density at radius 2 is 2.10 bits per heavy atom. The maximum Gasteiger partial charge on any atom is 0.250 e. The van der Waals surface area contributed by atoms with E-state index in [2.05, 4.69) is 48.3 Å². The normalized spacial score (nSPS) is 11.0. The summed E-state index contributed by atoms with van der Waals surface area (Å²) in [5.41, 5.74) is 2.45. The van der Waals surface area contributed by atoms with Gasteiger partial charge in [0.25, 0.3) is 5.56 Å². The average Bonchev–Trinajstić information content (AvgIpc) is 2.46. The smallest absolute Gasteiger partial charge is 0.250 e. The number of aromatic nitrogens is 2. The van der Waals surface area contributed by atoms with Crippen LogP contribution < -0.4 is 5.56 Å². The second-order valence-electron chi connectivity index (χ2n) is 5.13. The van der Waals surface area contributed by atoms with Crippen molar-refractivity contribution >= 4 is 23.5 Å². The zero-order valence-corrected chi connectivity index (χ0v) is 14.2. The zero-order chi connectivity index (χ0) is 15.2. The number of hydrogen-bond donors (Lipinski definition) is 1. The molecule has 3 nitrogen and oxygen atoms in total. The maximum atomic E-state index is 11.4. The van der Waals surface area contributed by atoms with Gasteiger partial charge in [-0.15, -0.1) is 11.8 Å². The van der Waals surface area contributed by atoms with E-state index in [-0.39, 0.29) is 5.56 Å². The first kappa shape index (κ1) is 16.2. The van der Waals surface area contributed by atoms with Crippen LogP contribution in [0.4, 0.5) is 0 Å². The van der Waals surface area contributed by atoms with Crippen LogP contribution in [-0.2, 0) is 6.42 Å². The van der Waals surface area contributed by atoms with E-state index in [0.29, 0.717) is 12.3 Å². The highest BCUT2D eigenvalue weighted by molar-refractivity contribution is 8.15. The standard InChI is InChI=1S/C16H20N2OS2/c1-11(2)12-4-5-14(21-10-20-3)13(8-12)9-15-17-7-6-16(19)18-15/h4-8,11H,9-10H2,1-3H3,(H,17,18,19). The number of rotatable bonds is 6. The highest BCUT2D eigenvalue weighted by Gasteiger charge is 2.09. The van der Waals surface area contributed by atoms with Gasteiger partial charge in [0.2, 0.25) is 0 Å². The highest BCUT2D eigenvalue weighted by Crippen LogP contribution is 2.29. The SMILES string of the molecule is CSCSc1ccc(C(C)C)cc1Cc1nccc(=O)[nH]1. The fourth-order valence-corrected chi connectivity index (χ4v) is 3.50. The Labute approximate surface area is 134 Å². The van der Waals surface area contributed by atoms with Crippen molar-refractivity contribution in [3.05, 3.63) is 57.8 Å². The molecule has 0 aliphatic heterocycles. The Balaban J connectivity index is 2.33. The van der Waals surface area contributed by atoms with E-state index in [1.54, 1.807) is 6.20 Å². The van der Waals surface area contributed by atoms with E-state index < -0.39 is 0 Å². The molecule has 1 aromatic heterocycles. The summed E-state index contributed by atoms with van der Waals surface area (Å²) >= 11 is 3.65. The third kappa shape index (κ3) is 4.64. The highest BCUT2D eigenvalue weighted by atomic mass is 32.2. The average molecular weight is 320 g/mol. The van der Waals surface area contributed by atoms with E-state index >= 15 is 0 Å². The first-order valence-corrected chi connectivity index (χ1v) is 9.27. The lowest BCUT2D eigenvalue weighted by Gasteiger charge is -2.13. The number of nitrogens with zero attached hydrogens (tertiary/aromatic N) is 1. The number of hydrogen-bond acceptors (Lipinski definition) is 4. The molecule has 1 aromatic carbocycles. The summed E-state index contributed by atoms with van der Waals surface area (Å²) in [4.78, 5) is 19.7. The molecule has 0 saturated heterocycles. The lowest BCUT2D eigenvalue weighted by molar-refractivity contribution is 0.854. The molecule has 1 heterocycles. The predicted octanol–water partition coefficient (Wildman–Crippen LogP) is 3.90. The second-order valence-corrected chi connectivity index (χ2v) is 7.38. The van der Waals surface area contributed by atoms with Gasteiger partial charge >= 0.3 is 0 Å². The van der Waals surface area contributed by atoms with Gasteiger partial charge in [-0.3, -0.25) is 4.79 Å². The molecule has 0 amide bonds. The summed E-state index contributed by atoms with van der Waals surface area (Å²) in [7, 11) is 0. The molecule has 5 heteroatoms. The van der Waals surface area contributed by atoms with E-state index in [9.17, 15) is 4.79 Å². The number of benzene rings is 1. The molecular formula is C16H20N2OS2. The quantitative estimate of drug-likeness (QED) is 0.648. The van der Waals surface area contributed by atoms with Crippen molar-refractivity contribution in [2.75, 3.05) is 11.3 Å². The molecule has 21 heavy (non-hydrogen) atoms. The molecule has 2 aromatic rings. The third-order valence-electron chi connectivity index (χ3n) is 3.17. The minimum absolute atomic E-state index is 0.0988. The van der Waals surface area contributed by atoms with Gasteiger partial charge in [-0.05, 0) is 29.4 Å². The minimum Gasteiger partial charge on any atom is -0.310 e. The number of aromatic amines is 1.